The summed E-state index contributed by atoms with van der Waals surface area (Å²) in [6.45, 7) is 0. The lowest BCUT2D eigenvalue weighted by Gasteiger charge is -2.40. The highest BCUT2D eigenvalue weighted by atomic mass is 16.3. The first kappa shape index (κ1) is 10.4. The number of aliphatic hydroxyl groups is 1. The maximum Gasteiger partial charge on any atom is 0.0540 e. The molecule has 0 heterocycles. The Balaban J connectivity index is 1.84. The Bertz CT molecular complexity index is 171. The standard InChI is InChI=1S/C12H23NO/c1-13-12(9-3-2-4-9)10-5-7-11(14)8-6-10/h9-14H,2-8H2,1H3. The molecule has 2 fully saturated rings. The van der Waals surface area contributed by atoms with Crippen molar-refractivity contribution in [1.29, 1.82) is 0 Å². The van der Waals surface area contributed by atoms with E-state index in [4.69, 9.17) is 0 Å². The second kappa shape index (κ2) is 4.63. The first-order valence-corrected chi connectivity index (χ1v) is 6.16. The van der Waals surface area contributed by atoms with Crippen LogP contribution in [0.15, 0.2) is 0 Å². The lowest BCUT2D eigenvalue weighted by atomic mass is 9.71. The van der Waals surface area contributed by atoms with E-state index in [0.29, 0.717) is 0 Å². The summed E-state index contributed by atoms with van der Waals surface area (Å²) in [6, 6.07) is 0.733. The molecular weight excluding hydrogens is 174 g/mol. The molecule has 0 aromatic rings. The van der Waals surface area contributed by atoms with Crippen LogP contribution in [0.1, 0.15) is 44.9 Å². The number of hydrogen-bond donors (Lipinski definition) is 2. The third kappa shape index (κ3) is 2.12. The molecule has 2 aliphatic rings. The van der Waals surface area contributed by atoms with E-state index < -0.39 is 0 Å². The lowest BCUT2D eigenvalue weighted by Crippen LogP contribution is -2.44. The second-order valence-corrected chi connectivity index (χ2v) is 5.07. The Labute approximate surface area is 87.1 Å². The molecule has 1 unspecified atom stereocenters. The summed E-state index contributed by atoms with van der Waals surface area (Å²) in [5.41, 5.74) is 0. The SMILES string of the molecule is CNC(C1CCC1)C1CCC(O)CC1. The van der Waals surface area contributed by atoms with Gasteiger partial charge in [0, 0.05) is 6.04 Å². The molecule has 0 saturated heterocycles. The van der Waals surface area contributed by atoms with Crippen molar-refractivity contribution in [3.8, 4) is 0 Å². The summed E-state index contributed by atoms with van der Waals surface area (Å²) in [4.78, 5) is 0. The van der Waals surface area contributed by atoms with Gasteiger partial charge in [-0.3, -0.25) is 0 Å². The zero-order valence-corrected chi connectivity index (χ0v) is 9.21. The number of nitrogens with one attached hydrogen (secondary N) is 1. The monoisotopic (exact) mass is 197 g/mol. The number of rotatable bonds is 3. The van der Waals surface area contributed by atoms with Gasteiger partial charge >= 0.3 is 0 Å². The van der Waals surface area contributed by atoms with Crippen LogP contribution < -0.4 is 5.32 Å². The van der Waals surface area contributed by atoms with Crippen LogP contribution in [0.2, 0.25) is 0 Å². The molecule has 0 bridgehead atoms. The Kier molecular flexibility index (Phi) is 3.45. The van der Waals surface area contributed by atoms with Crippen LogP contribution >= 0.6 is 0 Å². The highest BCUT2D eigenvalue weighted by Crippen LogP contribution is 2.37. The molecule has 0 aromatic heterocycles. The number of hydrogen-bond acceptors (Lipinski definition) is 2. The summed E-state index contributed by atoms with van der Waals surface area (Å²) in [6.07, 6.45) is 8.76. The van der Waals surface area contributed by atoms with Gasteiger partial charge in [-0.25, -0.2) is 0 Å². The van der Waals surface area contributed by atoms with E-state index in [-0.39, 0.29) is 6.10 Å². The van der Waals surface area contributed by atoms with Gasteiger partial charge < -0.3 is 10.4 Å². The minimum Gasteiger partial charge on any atom is -0.393 e. The molecule has 2 aliphatic carbocycles. The van der Waals surface area contributed by atoms with Crippen molar-refractivity contribution in [2.45, 2.75) is 57.1 Å². The van der Waals surface area contributed by atoms with Crippen molar-refractivity contribution in [3.63, 3.8) is 0 Å². The Hall–Kier alpha value is -0.0800. The molecule has 2 heteroatoms. The smallest absolute Gasteiger partial charge is 0.0540 e. The molecule has 0 amide bonds. The van der Waals surface area contributed by atoms with Crippen molar-refractivity contribution >= 4 is 0 Å². The van der Waals surface area contributed by atoms with Crippen molar-refractivity contribution in [1.82, 2.24) is 5.32 Å². The van der Waals surface area contributed by atoms with E-state index in [0.717, 1.165) is 30.7 Å². The summed E-state index contributed by atoms with van der Waals surface area (Å²) in [7, 11) is 2.11. The van der Waals surface area contributed by atoms with E-state index in [1.807, 2.05) is 0 Å². The quantitative estimate of drug-likeness (QED) is 0.724. The van der Waals surface area contributed by atoms with Gasteiger partial charge in [0.2, 0.25) is 0 Å². The van der Waals surface area contributed by atoms with Crippen LogP contribution in [0, 0.1) is 11.8 Å². The van der Waals surface area contributed by atoms with E-state index >= 15 is 0 Å². The fraction of sp³-hybridized carbons (Fsp3) is 1.00. The van der Waals surface area contributed by atoms with E-state index in [2.05, 4.69) is 12.4 Å². The largest absolute Gasteiger partial charge is 0.393 e. The van der Waals surface area contributed by atoms with E-state index in [1.54, 1.807) is 0 Å². The predicted molar refractivity (Wildman–Crippen MR) is 58.2 cm³/mol. The maximum atomic E-state index is 9.47. The predicted octanol–water partition coefficient (Wildman–Crippen LogP) is 1.93. The molecule has 14 heavy (non-hydrogen) atoms. The highest BCUT2D eigenvalue weighted by molar-refractivity contribution is 4.89. The lowest BCUT2D eigenvalue weighted by molar-refractivity contribution is 0.0769. The van der Waals surface area contributed by atoms with Gasteiger partial charge in [0.15, 0.2) is 0 Å². The number of aliphatic hydroxyl groups excluding tert-OH is 1. The van der Waals surface area contributed by atoms with Crippen molar-refractivity contribution in [2.75, 3.05) is 7.05 Å². The third-order valence-corrected chi connectivity index (χ3v) is 4.24. The van der Waals surface area contributed by atoms with Crippen molar-refractivity contribution in [2.24, 2.45) is 11.8 Å². The van der Waals surface area contributed by atoms with Crippen LogP contribution in [0.4, 0.5) is 0 Å². The van der Waals surface area contributed by atoms with Crippen LogP contribution in [0.5, 0.6) is 0 Å². The minimum atomic E-state index is -0.00912. The summed E-state index contributed by atoms with van der Waals surface area (Å²) >= 11 is 0. The molecule has 2 rings (SSSR count). The van der Waals surface area contributed by atoms with Gasteiger partial charge in [0.25, 0.3) is 0 Å². The van der Waals surface area contributed by atoms with Crippen LogP contribution in [-0.4, -0.2) is 24.3 Å². The normalized spacial score (nSPS) is 36.4. The molecule has 0 aliphatic heterocycles. The molecule has 2 saturated carbocycles. The van der Waals surface area contributed by atoms with Crippen LogP contribution in [0.25, 0.3) is 0 Å². The zero-order valence-electron chi connectivity index (χ0n) is 9.21. The van der Waals surface area contributed by atoms with Gasteiger partial charge in [-0.1, -0.05) is 6.42 Å². The molecular formula is C12H23NO. The molecule has 2 N–H and O–H groups in total. The van der Waals surface area contributed by atoms with Gasteiger partial charge in [0.1, 0.15) is 0 Å². The molecule has 2 nitrogen and oxygen atoms in total. The molecule has 0 spiro atoms. The molecule has 82 valence electrons. The first-order valence-electron chi connectivity index (χ1n) is 6.16. The molecule has 0 radical (unpaired) electrons. The van der Waals surface area contributed by atoms with E-state index in [1.165, 1.54) is 32.1 Å². The van der Waals surface area contributed by atoms with E-state index in [9.17, 15) is 5.11 Å². The molecule has 1 atom stereocenters. The fourth-order valence-electron chi connectivity index (χ4n) is 3.12. The summed E-state index contributed by atoms with van der Waals surface area (Å²) in [5.74, 6) is 1.76. The highest BCUT2D eigenvalue weighted by Gasteiger charge is 2.33. The maximum absolute atomic E-state index is 9.47. The minimum absolute atomic E-state index is 0.00912. The molecule has 0 aromatic carbocycles. The third-order valence-electron chi connectivity index (χ3n) is 4.24. The first-order chi connectivity index (χ1) is 6.81. The second-order valence-electron chi connectivity index (χ2n) is 5.07. The van der Waals surface area contributed by atoms with Gasteiger partial charge in [-0.15, -0.1) is 0 Å². The summed E-state index contributed by atoms with van der Waals surface area (Å²) < 4.78 is 0. The zero-order chi connectivity index (χ0) is 9.97. The fourth-order valence-corrected chi connectivity index (χ4v) is 3.12. The van der Waals surface area contributed by atoms with Gasteiger partial charge in [0.05, 0.1) is 6.10 Å². The van der Waals surface area contributed by atoms with Crippen LogP contribution in [0.3, 0.4) is 0 Å². The average Bonchev–Trinajstić information content (AvgIpc) is 2.13. The van der Waals surface area contributed by atoms with Crippen molar-refractivity contribution in [3.05, 3.63) is 0 Å². The van der Waals surface area contributed by atoms with Crippen molar-refractivity contribution < 1.29 is 5.11 Å². The Morgan fingerprint density at radius 1 is 1.00 bits per heavy atom. The topological polar surface area (TPSA) is 32.3 Å². The summed E-state index contributed by atoms with van der Waals surface area (Å²) in [5, 5.41) is 13.0. The average molecular weight is 197 g/mol. The van der Waals surface area contributed by atoms with Crippen LogP contribution in [-0.2, 0) is 0 Å². The van der Waals surface area contributed by atoms with Gasteiger partial charge in [-0.2, -0.15) is 0 Å². The Morgan fingerprint density at radius 2 is 1.57 bits per heavy atom. The van der Waals surface area contributed by atoms with Gasteiger partial charge in [-0.05, 0) is 57.4 Å². The Morgan fingerprint density at radius 3 is 2.00 bits per heavy atom.